The Morgan fingerprint density at radius 2 is 1.92 bits per heavy atom. The number of hydrogen-bond donors (Lipinski definition) is 2. The zero-order valence-corrected chi connectivity index (χ0v) is 8.97. The molecule has 0 aromatic heterocycles. The van der Waals surface area contributed by atoms with Crippen molar-refractivity contribution in [3.63, 3.8) is 0 Å². The average molecular weight is 185 g/mol. The van der Waals surface area contributed by atoms with Crippen molar-refractivity contribution in [3.8, 4) is 0 Å². The maximum absolute atomic E-state index is 9.45. The van der Waals surface area contributed by atoms with Gasteiger partial charge < -0.3 is 10.4 Å². The van der Waals surface area contributed by atoms with Crippen molar-refractivity contribution in [2.24, 2.45) is 5.92 Å². The monoisotopic (exact) mass is 185 g/mol. The quantitative estimate of drug-likeness (QED) is 0.641. The highest BCUT2D eigenvalue weighted by Crippen LogP contribution is 2.26. The van der Waals surface area contributed by atoms with E-state index < -0.39 is 5.60 Å². The third-order valence-corrected chi connectivity index (χ3v) is 2.76. The molecule has 0 aliphatic heterocycles. The molecule has 0 heterocycles. The summed E-state index contributed by atoms with van der Waals surface area (Å²) in [4.78, 5) is 0. The van der Waals surface area contributed by atoms with Gasteiger partial charge in [-0.15, -0.1) is 0 Å². The van der Waals surface area contributed by atoms with Gasteiger partial charge in [0.15, 0.2) is 0 Å². The molecule has 0 atom stereocenters. The standard InChI is InChI=1S/C11H23NO/c1-11(2,13)9-12-8-7-10-5-3-4-6-10/h10,12-13H,3-9H2,1-2H3. The smallest absolute Gasteiger partial charge is 0.0715 e. The van der Waals surface area contributed by atoms with E-state index in [0.29, 0.717) is 6.54 Å². The SMILES string of the molecule is CC(C)(O)CNCCC1CCCC1. The Morgan fingerprint density at radius 1 is 1.31 bits per heavy atom. The molecule has 2 N–H and O–H groups in total. The summed E-state index contributed by atoms with van der Waals surface area (Å²) in [6.45, 7) is 5.46. The minimum atomic E-state index is -0.560. The first-order valence-corrected chi connectivity index (χ1v) is 5.51. The highest BCUT2D eigenvalue weighted by molar-refractivity contribution is 4.71. The molecule has 2 nitrogen and oxygen atoms in total. The molecular formula is C11H23NO. The van der Waals surface area contributed by atoms with Crippen molar-refractivity contribution in [2.45, 2.75) is 51.6 Å². The maximum Gasteiger partial charge on any atom is 0.0715 e. The van der Waals surface area contributed by atoms with Gasteiger partial charge in [0.25, 0.3) is 0 Å². The first-order chi connectivity index (χ1) is 6.08. The van der Waals surface area contributed by atoms with Gasteiger partial charge in [-0.1, -0.05) is 25.7 Å². The molecule has 0 saturated heterocycles. The van der Waals surface area contributed by atoms with Crippen LogP contribution in [-0.2, 0) is 0 Å². The summed E-state index contributed by atoms with van der Waals surface area (Å²) in [6.07, 6.45) is 6.98. The Kier molecular flexibility index (Phi) is 4.20. The molecule has 0 unspecified atom stereocenters. The zero-order valence-electron chi connectivity index (χ0n) is 8.97. The van der Waals surface area contributed by atoms with E-state index >= 15 is 0 Å². The van der Waals surface area contributed by atoms with Crippen molar-refractivity contribution in [1.29, 1.82) is 0 Å². The molecule has 13 heavy (non-hydrogen) atoms. The van der Waals surface area contributed by atoms with Crippen molar-refractivity contribution >= 4 is 0 Å². The van der Waals surface area contributed by atoms with E-state index in [-0.39, 0.29) is 0 Å². The Hall–Kier alpha value is -0.0800. The molecule has 1 aliphatic carbocycles. The fourth-order valence-electron chi connectivity index (χ4n) is 2.00. The molecule has 78 valence electrons. The highest BCUT2D eigenvalue weighted by Gasteiger charge is 2.15. The summed E-state index contributed by atoms with van der Waals surface area (Å²) in [7, 11) is 0. The predicted molar refractivity (Wildman–Crippen MR) is 55.7 cm³/mol. The average Bonchev–Trinajstić information content (AvgIpc) is 2.48. The lowest BCUT2D eigenvalue weighted by Crippen LogP contribution is -2.35. The topological polar surface area (TPSA) is 32.3 Å². The number of hydrogen-bond acceptors (Lipinski definition) is 2. The van der Waals surface area contributed by atoms with Crippen LogP contribution in [0.25, 0.3) is 0 Å². The molecule has 1 fully saturated rings. The van der Waals surface area contributed by atoms with Crippen LogP contribution in [0.2, 0.25) is 0 Å². The molecule has 0 amide bonds. The summed E-state index contributed by atoms with van der Waals surface area (Å²) in [5.41, 5.74) is -0.560. The molecule has 0 aromatic carbocycles. The molecular weight excluding hydrogens is 162 g/mol. The van der Waals surface area contributed by atoms with Crippen LogP contribution in [0.15, 0.2) is 0 Å². The fraction of sp³-hybridized carbons (Fsp3) is 1.00. The molecule has 2 heteroatoms. The second-order valence-corrected chi connectivity index (χ2v) is 4.93. The Bertz CT molecular complexity index is 134. The minimum absolute atomic E-state index is 0.560. The summed E-state index contributed by atoms with van der Waals surface area (Å²) < 4.78 is 0. The summed E-state index contributed by atoms with van der Waals surface area (Å²) in [5.74, 6) is 0.953. The van der Waals surface area contributed by atoms with Gasteiger partial charge in [-0.05, 0) is 32.7 Å². The Balaban J connectivity index is 1.94. The van der Waals surface area contributed by atoms with Crippen LogP contribution in [0.5, 0.6) is 0 Å². The predicted octanol–water partition coefficient (Wildman–Crippen LogP) is 1.93. The van der Waals surface area contributed by atoms with Crippen molar-refractivity contribution in [2.75, 3.05) is 13.1 Å². The first kappa shape index (κ1) is 11.0. The largest absolute Gasteiger partial charge is 0.389 e. The van der Waals surface area contributed by atoms with Crippen LogP contribution in [0.1, 0.15) is 46.0 Å². The highest BCUT2D eigenvalue weighted by atomic mass is 16.3. The first-order valence-electron chi connectivity index (χ1n) is 5.51. The lowest BCUT2D eigenvalue weighted by Gasteiger charge is -2.18. The van der Waals surface area contributed by atoms with E-state index in [4.69, 9.17) is 0 Å². The lowest BCUT2D eigenvalue weighted by atomic mass is 10.0. The molecule has 0 aromatic rings. The normalized spacial score (nSPS) is 19.6. The second-order valence-electron chi connectivity index (χ2n) is 4.93. The molecule has 0 radical (unpaired) electrons. The van der Waals surface area contributed by atoms with Crippen LogP contribution >= 0.6 is 0 Å². The molecule has 0 bridgehead atoms. The zero-order chi connectivity index (χ0) is 9.73. The third kappa shape index (κ3) is 5.27. The fourth-order valence-corrected chi connectivity index (χ4v) is 2.00. The van der Waals surface area contributed by atoms with E-state index in [1.165, 1.54) is 32.1 Å². The van der Waals surface area contributed by atoms with E-state index in [0.717, 1.165) is 12.5 Å². The summed E-state index contributed by atoms with van der Waals surface area (Å²) in [6, 6.07) is 0. The molecule has 1 rings (SSSR count). The van der Waals surface area contributed by atoms with Gasteiger partial charge in [-0.25, -0.2) is 0 Å². The van der Waals surface area contributed by atoms with Crippen LogP contribution in [-0.4, -0.2) is 23.8 Å². The Labute approximate surface area is 81.7 Å². The minimum Gasteiger partial charge on any atom is -0.389 e. The van der Waals surface area contributed by atoms with E-state index in [1.807, 2.05) is 13.8 Å². The van der Waals surface area contributed by atoms with E-state index in [9.17, 15) is 5.11 Å². The lowest BCUT2D eigenvalue weighted by molar-refractivity contribution is 0.0796. The second kappa shape index (κ2) is 4.97. The Morgan fingerprint density at radius 3 is 2.46 bits per heavy atom. The van der Waals surface area contributed by atoms with Crippen LogP contribution in [0.3, 0.4) is 0 Å². The van der Waals surface area contributed by atoms with Gasteiger partial charge in [-0.2, -0.15) is 0 Å². The van der Waals surface area contributed by atoms with Crippen molar-refractivity contribution < 1.29 is 5.11 Å². The maximum atomic E-state index is 9.45. The molecule has 1 saturated carbocycles. The van der Waals surface area contributed by atoms with Gasteiger partial charge >= 0.3 is 0 Å². The van der Waals surface area contributed by atoms with Gasteiger partial charge in [-0.3, -0.25) is 0 Å². The molecule has 1 aliphatic rings. The van der Waals surface area contributed by atoms with Gasteiger partial charge in [0, 0.05) is 6.54 Å². The molecule has 0 spiro atoms. The van der Waals surface area contributed by atoms with Crippen LogP contribution in [0, 0.1) is 5.92 Å². The number of rotatable bonds is 5. The number of nitrogens with one attached hydrogen (secondary N) is 1. The summed E-state index contributed by atoms with van der Waals surface area (Å²) >= 11 is 0. The van der Waals surface area contributed by atoms with Gasteiger partial charge in [0.2, 0.25) is 0 Å². The van der Waals surface area contributed by atoms with Crippen molar-refractivity contribution in [1.82, 2.24) is 5.32 Å². The van der Waals surface area contributed by atoms with Gasteiger partial charge in [0.05, 0.1) is 5.60 Å². The summed E-state index contributed by atoms with van der Waals surface area (Å²) in [5, 5.41) is 12.7. The van der Waals surface area contributed by atoms with Crippen molar-refractivity contribution in [3.05, 3.63) is 0 Å². The third-order valence-electron chi connectivity index (χ3n) is 2.76. The van der Waals surface area contributed by atoms with E-state index in [2.05, 4.69) is 5.32 Å². The van der Waals surface area contributed by atoms with Crippen LogP contribution in [0.4, 0.5) is 0 Å². The van der Waals surface area contributed by atoms with Crippen LogP contribution < -0.4 is 5.32 Å². The van der Waals surface area contributed by atoms with E-state index in [1.54, 1.807) is 0 Å². The van der Waals surface area contributed by atoms with Gasteiger partial charge in [0.1, 0.15) is 0 Å². The number of aliphatic hydroxyl groups is 1.